The van der Waals surface area contributed by atoms with E-state index in [4.69, 9.17) is 9.47 Å². The second kappa shape index (κ2) is 8.96. The molecule has 1 aromatic rings. The summed E-state index contributed by atoms with van der Waals surface area (Å²) < 4.78 is 10.8. The van der Waals surface area contributed by atoms with Gasteiger partial charge in [0.1, 0.15) is 6.54 Å². The van der Waals surface area contributed by atoms with Gasteiger partial charge in [0.2, 0.25) is 12.7 Å². The minimum Gasteiger partial charge on any atom is -1.00 e. The molecule has 1 aromatic carbocycles. The van der Waals surface area contributed by atoms with Crippen molar-refractivity contribution in [2.75, 3.05) is 33.0 Å². The number of ether oxygens (including phenoxy) is 2. The van der Waals surface area contributed by atoms with Crippen LogP contribution in [-0.4, -0.2) is 43.8 Å². The Morgan fingerprint density at radius 3 is 2.62 bits per heavy atom. The summed E-state index contributed by atoms with van der Waals surface area (Å²) >= 11 is 0. The smallest absolute Gasteiger partial charge is 0.231 e. The van der Waals surface area contributed by atoms with Crippen LogP contribution in [0.4, 0.5) is 0 Å². The van der Waals surface area contributed by atoms with E-state index >= 15 is 0 Å². The first-order chi connectivity index (χ1) is 12.3. The molecule has 4 rings (SSSR count). The zero-order valence-electron chi connectivity index (χ0n) is 15.3. The molecule has 5 nitrogen and oxygen atoms in total. The third-order valence-electron chi connectivity index (χ3n) is 5.96. The third kappa shape index (κ3) is 4.63. The Bertz CT molecular complexity index is 611. The van der Waals surface area contributed by atoms with Gasteiger partial charge in [-0.1, -0.05) is 25.7 Å². The number of quaternary nitrogens is 1. The van der Waals surface area contributed by atoms with Crippen LogP contribution in [0.5, 0.6) is 11.5 Å². The van der Waals surface area contributed by atoms with Crippen LogP contribution in [0.15, 0.2) is 18.2 Å². The Hall–Kier alpha value is -1.46. The molecule has 1 aliphatic carbocycles. The maximum absolute atomic E-state index is 12.4. The Morgan fingerprint density at radius 1 is 1.12 bits per heavy atom. The van der Waals surface area contributed by atoms with Crippen LogP contribution in [0.3, 0.4) is 0 Å². The van der Waals surface area contributed by atoms with E-state index in [1.54, 1.807) is 4.90 Å². The van der Waals surface area contributed by atoms with Crippen LogP contribution in [0, 0.1) is 5.92 Å². The van der Waals surface area contributed by atoms with Gasteiger partial charge in [0.05, 0.1) is 26.2 Å². The average molecular weight is 381 g/mol. The Morgan fingerprint density at radius 2 is 1.85 bits per heavy atom. The number of nitrogens with zero attached hydrogens (tertiary/aromatic N) is 1. The summed E-state index contributed by atoms with van der Waals surface area (Å²) in [5.41, 5.74) is 1.28. The lowest BCUT2D eigenvalue weighted by Crippen LogP contribution is -3.13. The van der Waals surface area contributed by atoms with Gasteiger partial charge in [-0.15, -0.1) is 0 Å². The van der Waals surface area contributed by atoms with Crippen LogP contribution in [0.25, 0.3) is 0 Å². The molecule has 2 fully saturated rings. The molecule has 2 aliphatic heterocycles. The summed E-state index contributed by atoms with van der Waals surface area (Å²) in [6, 6.07) is 6.22. The maximum atomic E-state index is 12.4. The molecule has 1 amide bonds. The van der Waals surface area contributed by atoms with Crippen molar-refractivity contribution in [2.45, 2.75) is 45.1 Å². The normalized spacial score (nSPS) is 20.2. The predicted molar refractivity (Wildman–Crippen MR) is 94.7 cm³/mol. The zero-order valence-corrected chi connectivity index (χ0v) is 16.1. The van der Waals surface area contributed by atoms with Crippen LogP contribution >= 0.6 is 0 Å². The van der Waals surface area contributed by atoms with Crippen LogP contribution < -0.4 is 26.8 Å². The monoisotopic (exact) mass is 380 g/mol. The number of nitrogens with one attached hydrogen (secondary N) is 1. The fourth-order valence-electron chi connectivity index (χ4n) is 4.37. The fraction of sp³-hybridized carbons (Fsp3) is 0.650. The summed E-state index contributed by atoms with van der Waals surface area (Å²) in [7, 11) is 0. The molecule has 0 bridgehead atoms. The highest BCUT2D eigenvalue weighted by molar-refractivity contribution is 5.76. The predicted octanol–water partition coefficient (Wildman–Crippen LogP) is -1.38. The van der Waals surface area contributed by atoms with Crippen molar-refractivity contribution < 1.29 is 31.6 Å². The van der Waals surface area contributed by atoms with Crippen molar-refractivity contribution in [2.24, 2.45) is 5.92 Å². The first-order valence-electron chi connectivity index (χ1n) is 9.78. The summed E-state index contributed by atoms with van der Waals surface area (Å²) in [5, 5.41) is 0. The van der Waals surface area contributed by atoms with Gasteiger partial charge in [0, 0.05) is 12.0 Å². The summed E-state index contributed by atoms with van der Waals surface area (Å²) in [4.78, 5) is 16.1. The maximum Gasteiger partial charge on any atom is 0.231 e. The molecule has 0 unspecified atom stereocenters. The molecular weight excluding hydrogens is 352 g/mol. The van der Waals surface area contributed by atoms with Gasteiger partial charge in [-0.05, 0) is 30.5 Å². The highest BCUT2D eigenvalue weighted by atomic mass is 35.5. The molecule has 0 radical (unpaired) electrons. The van der Waals surface area contributed by atoms with Crippen molar-refractivity contribution in [3.63, 3.8) is 0 Å². The molecule has 3 aliphatic rings. The molecule has 26 heavy (non-hydrogen) atoms. The van der Waals surface area contributed by atoms with E-state index in [1.165, 1.54) is 31.2 Å². The fourth-order valence-corrected chi connectivity index (χ4v) is 4.37. The molecule has 6 heteroatoms. The quantitative estimate of drug-likeness (QED) is 0.684. The topological polar surface area (TPSA) is 43.2 Å². The molecule has 1 saturated heterocycles. The SMILES string of the molecule is O=C(CCC1CCCC1)N1CC[NH+](Cc2ccc3c(c2)OCO3)CC1.[Cl-]. The van der Waals surface area contributed by atoms with Crippen molar-refractivity contribution >= 4 is 5.91 Å². The van der Waals surface area contributed by atoms with E-state index in [-0.39, 0.29) is 12.4 Å². The lowest BCUT2D eigenvalue weighted by Gasteiger charge is -2.32. The summed E-state index contributed by atoms with van der Waals surface area (Å²) in [6.45, 7) is 5.16. The van der Waals surface area contributed by atoms with E-state index in [0.29, 0.717) is 12.7 Å². The minimum atomic E-state index is 0. The van der Waals surface area contributed by atoms with Crippen molar-refractivity contribution in [3.05, 3.63) is 23.8 Å². The number of piperazine rings is 1. The average Bonchev–Trinajstić information content (AvgIpc) is 3.31. The standard InChI is InChI=1S/C20H28N2O3.ClH/c23-20(8-6-16-3-1-2-4-16)22-11-9-21(10-12-22)14-17-5-7-18-19(13-17)25-15-24-18;/h5,7,13,16H,1-4,6,8-12,14-15H2;1H. The van der Waals surface area contributed by atoms with Crippen LogP contribution in [0.1, 0.15) is 44.1 Å². The second-order valence-electron chi connectivity index (χ2n) is 7.68. The van der Waals surface area contributed by atoms with E-state index in [9.17, 15) is 4.79 Å². The van der Waals surface area contributed by atoms with E-state index in [1.807, 2.05) is 6.07 Å². The van der Waals surface area contributed by atoms with Gasteiger partial charge in [0.15, 0.2) is 11.5 Å². The number of amides is 1. The van der Waals surface area contributed by atoms with Crippen LogP contribution in [-0.2, 0) is 11.3 Å². The second-order valence-corrected chi connectivity index (χ2v) is 7.68. The lowest BCUT2D eigenvalue weighted by atomic mass is 10.0. The molecular formula is C20H29ClN2O3. The Balaban J connectivity index is 0.00000196. The van der Waals surface area contributed by atoms with Crippen LogP contribution in [0.2, 0.25) is 0 Å². The van der Waals surface area contributed by atoms with Gasteiger partial charge in [-0.25, -0.2) is 0 Å². The first kappa shape index (κ1) is 19.3. The molecule has 0 atom stereocenters. The van der Waals surface area contributed by atoms with Gasteiger partial charge in [-0.3, -0.25) is 4.79 Å². The molecule has 2 heterocycles. The third-order valence-corrected chi connectivity index (χ3v) is 5.96. The Kier molecular flexibility index (Phi) is 6.65. The Labute approximate surface area is 162 Å². The zero-order chi connectivity index (χ0) is 17.1. The minimum absolute atomic E-state index is 0. The lowest BCUT2D eigenvalue weighted by molar-refractivity contribution is -0.917. The number of hydrogen-bond acceptors (Lipinski definition) is 3. The number of benzene rings is 1. The number of rotatable bonds is 5. The van der Waals surface area contributed by atoms with E-state index in [2.05, 4.69) is 17.0 Å². The van der Waals surface area contributed by atoms with Crippen molar-refractivity contribution in [3.8, 4) is 11.5 Å². The first-order valence-corrected chi connectivity index (χ1v) is 9.78. The number of carbonyl (C=O) groups is 1. The molecule has 0 aromatic heterocycles. The van der Waals surface area contributed by atoms with Crippen molar-refractivity contribution in [1.82, 2.24) is 4.90 Å². The summed E-state index contributed by atoms with van der Waals surface area (Å²) in [6.07, 6.45) is 7.24. The highest BCUT2D eigenvalue weighted by Crippen LogP contribution is 2.32. The number of fused-ring (bicyclic) bond motifs is 1. The summed E-state index contributed by atoms with van der Waals surface area (Å²) in [5.74, 6) is 2.88. The van der Waals surface area contributed by atoms with Gasteiger partial charge in [0.25, 0.3) is 0 Å². The molecule has 1 N–H and O–H groups in total. The number of carbonyl (C=O) groups excluding carboxylic acids is 1. The molecule has 0 spiro atoms. The highest BCUT2D eigenvalue weighted by Gasteiger charge is 2.25. The van der Waals surface area contributed by atoms with Crippen molar-refractivity contribution in [1.29, 1.82) is 0 Å². The number of halogens is 1. The van der Waals surface area contributed by atoms with Gasteiger partial charge in [-0.2, -0.15) is 0 Å². The number of hydrogen-bond donors (Lipinski definition) is 1. The molecule has 1 saturated carbocycles. The molecule has 144 valence electrons. The largest absolute Gasteiger partial charge is 1.00 e. The van der Waals surface area contributed by atoms with Gasteiger partial charge >= 0.3 is 0 Å². The van der Waals surface area contributed by atoms with E-state index in [0.717, 1.165) is 63.0 Å². The van der Waals surface area contributed by atoms with E-state index < -0.39 is 0 Å². The van der Waals surface area contributed by atoms with Gasteiger partial charge < -0.3 is 31.7 Å².